The number of hydrogen-bond acceptors (Lipinski definition) is 4. The molecule has 1 fully saturated rings. The van der Waals surface area contributed by atoms with Gasteiger partial charge in [0.05, 0.1) is 0 Å². The number of hydrogen-bond donors (Lipinski definition) is 2. The molecule has 1 aliphatic rings. The molecule has 0 aromatic heterocycles. The largest absolute Gasteiger partial charge is 0.480 e. The van der Waals surface area contributed by atoms with Crippen molar-refractivity contribution in [3.05, 3.63) is 35.9 Å². The van der Waals surface area contributed by atoms with Gasteiger partial charge in [-0.15, -0.1) is 0 Å². The Kier molecular flexibility index (Phi) is 5.11. The summed E-state index contributed by atoms with van der Waals surface area (Å²) in [5, 5.41) is 12.1. The van der Waals surface area contributed by atoms with Gasteiger partial charge in [0.15, 0.2) is 0 Å². The van der Waals surface area contributed by atoms with Crippen LogP contribution in [0, 0.1) is 0 Å². The van der Waals surface area contributed by atoms with Crippen molar-refractivity contribution in [2.45, 2.75) is 44.9 Å². The van der Waals surface area contributed by atoms with E-state index in [4.69, 9.17) is 4.74 Å². The average molecular weight is 334 g/mol. The molecular weight excluding hydrogens is 312 g/mol. The van der Waals surface area contributed by atoms with Crippen LogP contribution in [0.5, 0.6) is 0 Å². The van der Waals surface area contributed by atoms with Gasteiger partial charge in [0.25, 0.3) is 5.91 Å². The van der Waals surface area contributed by atoms with Crippen molar-refractivity contribution in [3.8, 4) is 0 Å². The maximum absolute atomic E-state index is 12.2. The van der Waals surface area contributed by atoms with Crippen LogP contribution in [0.25, 0.3) is 0 Å². The molecule has 7 heteroatoms. The van der Waals surface area contributed by atoms with Crippen LogP contribution in [0.1, 0.15) is 37.6 Å². The third-order valence-corrected chi connectivity index (χ3v) is 3.59. The number of carboxylic acids is 1. The van der Waals surface area contributed by atoms with E-state index in [1.807, 2.05) is 0 Å². The first-order chi connectivity index (χ1) is 11.2. The van der Waals surface area contributed by atoms with E-state index in [9.17, 15) is 19.5 Å². The second kappa shape index (κ2) is 6.90. The van der Waals surface area contributed by atoms with E-state index < -0.39 is 29.7 Å². The molecule has 2 atom stereocenters. The van der Waals surface area contributed by atoms with Crippen LogP contribution < -0.4 is 5.32 Å². The highest BCUT2D eigenvalue weighted by molar-refractivity contribution is 5.94. The highest BCUT2D eigenvalue weighted by Gasteiger charge is 2.42. The van der Waals surface area contributed by atoms with Gasteiger partial charge < -0.3 is 15.2 Å². The maximum Gasteiger partial charge on any atom is 0.411 e. The van der Waals surface area contributed by atoms with E-state index in [2.05, 4.69) is 5.32 Å². The van der Waals surface area contributed by atoms with Crippen LogP contribution >= 0.6 is 0 Å². The Hall–Kier alpha value is -2.57. The number of carboxylic acid groups (broad SMARTS) is 1. The molecule has 1 saturated heterocycles. The third kappa shape index (κ3) is 4.47. The summed E-state index contributed by atoms with van der Waals surface area (Å²) in [6.45, 7) is 5.24. The number of carbonyl (C=O) groups is 3. The Bertz CT molecular complexity index is 624. The van der Waals surface area contributed by atoms with Crippen LogP contribution in [0.2, 0.25) is 0 Å². The molecular formula is C17H22N2O5. The van der Waals surface area contributed by atoms with Gasteiger partial charge in [-0.3, -0.25) is 9.69 Å². The van der Waals surface area contributed by atoms with Crippen LogP contribution in [0.15, 0.2) is 30.3 Å². The minimum Gasteiger partial charge on any atom is -0.480 e. The molecule has 0 radical (unpaired) electrons. The van der Waals surface area contributed by atoms with Crippen molar-refractivity contribution in [3.63, 3.8) is 0 Å². The molecule has 0 unspecified atom stereocenters. The zero-order valence-electron chi connectivity index (χ0n) is 14.0. The Labute approximate surface area is 140 Å². The summed E-state index contributed by atoms with van der Waals surface area (Å²) < 4.78 is 5.25. The standard InChI is InChI=1S/C17H22N2O5/c1-17(2,3)24-16(23)19-10-12(9-13(19)15(21)22)18-14(20)11-7-5-4-6-8-11/h4-8,12-13H,9-10H2,1-3H3,(H,18,20)(H,21,22)/t12-,13-/m0/s1. The van der Waals surface area contributed by atoms with E-state index in [1.165, 1.54) is 0 Å². The van der Waals surface area contributed by atoms with E-state index >= 15 is 0 Å². The Morgan fingerprint density at radius 3 is 2.38 bits per heavy atom. The molecule has 0 aliphatic carbocycles. The van der Waals surface area contributed by atoms with E-state index in [0.29, 0.717) is 5.56 Å². The summed E-state index contributed by atoms with van der Waals surface area (Å²) >= 11 is 0. The van der Waals surface area contributed by atoms with E-state index in [0.717, 1.165) is 4.90 Å². The predicted molar refractivity (Wildman–Crippen MR) is 86.7 cm³/mol. The van der Waals surface area contributed by atoms with E-state index in [1.54, 1.807) is 51.1 Å². The summed E-state index contributed by atoms with van der Waals surface area (Å²) in [6.07, 6.45) is -0.543. The van der Waals surface area contributed by atoms with Crippen molar-refractivity contribution >= 4 is 18.0 Å². The minimum atomic E-state index is -1.11. The molecule has 2 N–H and O–H groups in total. The normalized spacial score (nSPS) is 20.5. The van der Waals surface area contributed by atoms with Crippen LogP contribution in [0.3, 0.4) is 0 Å². The molecule has 1 aromatic carbocycles. The average Bonchev–Trinajstić information content (AvgIpc) is 2.90. The quantitative estimate of drug-likeness (QED) is 0.880. The van der Waals surface area contributed by atoms with Gasteiger partial charge in [0.2, 0.25) is 0 Å². The Morgan fingerprint density at radius 2 is 1.83 bits per heavy atom. The fraction of sp³-hybridized carbons (Fsp3) is 0.471. The number of aliphatic carboxylic acids is 1. The molecule has 0 bridgehead atoms. The van der Waals surface area contributed by atoms with Crippen LogP contribution in [-0.2, 0) is 9.53 Å². The Balaban J connectivity index is 2.05. The molecule has 130 valence electrons. The SMILES string of the molecule is CC(C)(C)OC(=O)N1C[C@@H](NC(=O)c2ccccc2)C[C@H]1C(=O)O. The van der Waals surface area contributed by atoms with Gasteiger partial charge in [-0.2, -0.15) is 0 Å². The first-order valence-corrected chi connectivity index (χ1v) is 7.76. The molecule has 2 rings (SSSR count). The van der Waals surface area contributed by atoms with Crippen molar-refractivity contribution in [1.29, 1.82) is 0 Å². The van der Waals surface area contributed by atoms with Gasteiger partial charge in [0.1, 0.15) is 11.6 Å². The second-order valence-corrected chi connectivity index (χ2v) is 6.76. The Morgan fingerprint density at radius 1 is 1.21 bits per heavy atom. The summed E-state index contributed by atoms with van der Waals surface area (Å²) in [6, 6.07) is 7.19. The monoisotopic (exact) mass is 334 g/mol. The highest BCUT2D eigenvalue weighted by atomic mass is 16.6. The predicted octanol–water partition coefficient (Wildman–Crippen LogP) is 1.88. The van der Waals surface area contributed by atoms with Crippen LogP contribution in [-0.4, -0.2) is 52.2 Å². The van der Waals surface area contributed by atoms with Gasteiger partial charge in [-0.25, -0.2) is 9.59 Å². The van der Waals surface area contributed by atoms with Gasteiger partial charge in [-0.05, 0) is 32.9 Å². The van der Waals surface area contributed by atoms with Gasteiger partial charge in [-0.1, -0.05) is 18.2 Å². The fourth-order valence-electron chi connectivity index (χ4n) is 2.56. The number of carbonyl (C=O) groups excluding carboxylic acids is 2. The van der Waals surface area contributed by atoms with Crippen LogP contribution in [0.4, 0.5) is 4.79 Å². The molecule has 7 nitrogen and oxygen atoms in total. The molecule has 1 aliphatic heterocycles. The van der Waals surface area contributed by atoms with Gasteiger partial charge >= 0.3 is 12.1 Å². The first kappa shape index (κ1) is 17.8. The zero-order valence-corrected chi connectivity index (χ0v) is 14.0. The van der Waals surface area contributed by atoms with E-state index in [-0.39, 0.29) is 18.9 Å². The second-order valence-electron chi connectivity index (χ2n) is 6.76. The lowest BCUT2D eigenvalue weighted by Gasteiger charge is -2.26. The molecule has 24 heavy (non-hydrogen) atoms. The highest BCUT2D eigenvalue weighted by Crippen LogP contribution is 2.22. The first-order valence-electron chi connectivity index (χ1n) is 7.76. The molecule has 1 heterocycles. The van der Waals surface area contributed by atoms with Gasteiger partial charge in [0, 0.05) is 24.6 Å². The molecule has 0 spiro atoms. The third-order valence-electron chi connectivity index (χ3n) is 3.59. The topological polar surface area (TPSA) is 95.9 Å². The summed E-state index contributed by atoms with van der Waals surface area (Å²) in [5.74, 6) is -1.41. The summed E-state index contributed by atoms with van der Waals surface area (Å²) in [4.78, 5) is 37.0. The smallest absolute Gasteiger partial charge is 0.411 e. The number of ether oxygens (including phenoxy) is 1. The fourth-order valence-corrected chi connectivity index (χ4v) is 2.56. The zero-order chi connectivity index (χ0) is 17.9. The minimum absolute atomic E-state index is 0.102. The maximum atomic E-state index is 12.2. The summed E-state index contributed by atoms with van der Waals surface area (Å²) in [5.41, 5.74) is -0.231. The van der Waals surface area contributed by atoms with Crippen molar-refractivity contribution in [2.24, 2.45) is 0 Å². The van der Waals surface area contributed by atoms with Crippen molar-refractivity contribution < 1.29 is 24.2 Å². The number of nitrogens with one attached hydrogen (secondary N) is 1. The number of rotatable bonds is 3. The molecule has 1 aromatic rings. The van der Waals surface area contributed by atoms with Crippen molar-refractivity contribution in [2.75, 3.05) is 6.54 Å². The molecule has 2 amide bonds. The lowest BCUT2D eigenvalue weighted by atomic mass is 10.1. The van der Waals surface area contributed by atoms with Crippen molar-refractivity contribution in [1.82, 2.24) is 10.2 Å². The molecule has 0 saturated carbocycles. The number of likely N-dealkylation sites (tertiary alicyclic amines) is 1. The number of nitrogens with zero attached hydrogens (tertiary/aromatic N) is 1. The lowest BCUT2D eigenvalue weighted by molar-refractivity contribution is -0.142. The number of benzene rings is 1. The summed E-state index contributed by atoms with van der Waals surface area (Å²) in [7, 11) is 0. The lowest BCUT2D eigenvalue weighted by Crippen LogP contribution is -2.44. The number of amides is 2.